The number of fused-ring (bicyclic) bond motifs is 3. The summed E-state index contributed by atoms with van der Waals surface area (Å²) >= 11 is 0. The van der Waals surface area contributed by atoms with Crippen LogP contribution in [0.1, 0.15) is 52.4 Å². The monoisotopic (exact) mass is 318 g/mol. The van der Waals surface area contributed by atoms with Gasteiger partial charge in [-0.25, -0.2) is 0 Å². The van der Waals surface area contributed by atoms with Crippen LogP contribution in [0.15, 0.2) is 11.6 Å². The van der Waals surface area contributed by atoms with E-state index in [2.05, 4.69) is 19.9 Å². The van der Waals surface area contributed by atoms with Gasteiger partial charge in [0, 0.05) is 24.2 Å². The van der Waals surface area contributed by atoms with E-state index in [9.17, 15) is 9.59 Å². The van der Waals surface area contributed by atoms with Crippen molar-refractivity contribution in [2.75, 3.05) is 13.2 Å². The summed E-state index contributed by atoms with van der Waals surface area (Å²) in [7, 11) is 0. The summed E-state index contributed by atoms with van der Waals surface area (Å²) in [6, 6.07) is 0. The summed E-state index contributed by atoms with van der Waals surface area (Å²) < 4.78 is 12.1. The molecule has 0 unspecified atom stereocenters. The smallest absolute Gasteiger partial charge is 0.177 e. The maximum Gasteiger partial charge on any atom is 0.177 e. The molecule has 0 amide bonds. The summed E-state index contributed by atoms with van der Waals surface area (Å²) in [5.74, 6) is -0.200. The van der Waals surface area contributed by atoms with Crippen molar-refractivity contribution in [1.82, 2.24) is 0 Å². The second-order valence-electron chi connectivity index (χ2n) is 8.12. The number of hydrogen-bond donors (Lipinski definition) is 0. The van der Waals surface area contributed by atoms with Gasteiger partial charge in [-0.05, 0) is 31.6 Å². The van der Waals surface area contributed by atoms with Crippen LogP contribution in [0.3, 0.4) is 0 Å². The molecule has 0 aromatic heterocycles. The zero-order valence-corrected chi connectivity index (χ0v) is 14.1. The van der Waals surface area contributed by atoms with E-state index in [1.165, 1.54) is 5.57 Å². The van der Waals surface area contributed by atoms with Crippen LogP contribution in [0.25, 0.3) is 0 Å². The molecule has 0 bridgehead atoms. The first-order valence-electron chi connectivity index (χ1n) is 8.96. The standard InChI is InChI=1S/C19H26O4/c1-17(2)14-7-6-13-4-3-5-16(21)18(13,12-20)15(14)8-9-19(17)22-10-11-23-19/h7,12-13,15H,3-6,8-11H2,1-2H3/t13-,15-,18-/m0/s1. The second-order valence-corrected chi connectivity index (χ2v) is 8.12. The van der Waals surface area contributed by atoms with E-state index in [1.807, 2.05) is 0 Å². The lowest BCUT2D eigenvalue weighted by Gasteiger charge is -2.57. The topological polar surface area (TPSA) is 52.6 Å². The van der Waals surface area contributed by atoms with E-state index >= 15 is 0 Å². The van der Waals surface area contributed by atoms with Gasteiger partial charge in [0.05, 0.1) is 18.6 Å². The number of rotatable bonds is 1. The lowest BCUT2D eigenvalue weighted by molar-refractivity contribution is -0.238. The minimum absolute atomic E-state index is 0.0278. The Labute approximate surface area is 137 Å². The minimum atomic E-state index is -0.792. The largest absolute Gasteiger partial charge is 0.347 e. The van der Waals surface area contributed by atoms with E-state index < -0.39 is 11.2 Å². The Balaban J connectivity index is 1.80. The highest BCUT2D eigenvalue weighted by atomic mass is 16.7. The highest BCUT2D eigenvalue weighted by molar-refractivity contribution is 6.00. The quantitative estimate of drug-likeness (QED) is 0.423. The first kappa shape index (κ1) is 15.5. The zero-order chi connectivity index (χ0) is 16.3. The lowest BCUT2D eigenvalue weighted by Crippen LogP contribution is -2.59. The van der Waals surface area contributed by atoms with Crippen LogP contribution < -0.4 is 0 Å². The summed E-state index contributed by atoms with van der Waals surface area (Å²) in [5, 5.41) is 0. The van der Waals surface area contributed by atoms with Gasteiger partial charge in [0.1, 0.15) is 12.1 Å². The fraction of sp³-hybridized carbons (Fsp3) is 0.789. The van der Waals surface area contributed by atoms with E-state index in [-0.39, 0.29) is 23.0 Å². The number of Topliss-reactive ketones (excluding diaryl/α,β-unsaturated/α-hetero) is 1. The Morgan fingerprint density at radius 1 is 1.22 bits per heavy atom. The van der Waals surface area contributed by atoms with Crippen molar-refractivity contribution in [3.05, 3.63) is 11.6 Å². The maximum atomic E-state index is 12.8. The summed E-state index contributed by atoms with van der Waals surface area (Å²) in [6.45, 7) is 5.56. The van der Waals surface area contributed by atoms with Gasteiger partial charge in [-0.15, -0.1) is 0 Å². The fourth-order valence-corrected chi connectivity index (χ4v) is 5.81. The minimum Gasteiger partial charge on any atom is -0.347 e. The van der Waals surface area contributed by atoms with Gasteiger partial charge >= 0.3 is 0 Å². The van der Waals surface area contributed by atoms with Gasteiger partial charge in [0.2, 0.25) is 0 Å². The second kappa shape index (κ2) is 5.00. The van der Waals surface area contributed by atoms with E-state index in [0.717, 1.165) is 38.4 Å². The van der Waals surface area contributed by atoms with Crippen molar-refractivity contribution in [2.24, 2.45) is 22.7 Å². The molecule has 4 heteroatoms. The molecule has 1 saturated heterocycles. The lowest BCUT2D eigenvalue weighted by atomic mass is 9.48. The average molecular weight is 318 g/mol. The predicted octanol–water partition coefficient (Wildman–Crippen LogP) is 3.05. The van der Waals surface area contributed by atoms with Crippen LogP contribution >= 0.6 is 0 Å². The number of allylic oxidation sites excluding steroid dienone is 1. The Bertz CT molecular complexity index is 570. The molecule has 1 aliphatic heterocycles. The molecule has 126 valence electrons. The molecule has 0 aromatic rings. The third kappa shape index (κ3) is 1.79. The first-order chi connectivity index (χ1) is 11.0. The third-order valence-corrected chi connectivity index (χ3v) is 7.07. The molecule has 3 atom stereocenters. The predicted molar refractivity (Wildman–Crippen MR) is 84.7 cm³/mol. The fourth-order valence-electron chi connectivity index (χ4n) is 5.81. The zero-order valence-electron chi connectivity index (χ0n) is 14.1. The number of hydrogen-bond acceptors (Lipinski definition) is 4. The summed E-state index contributed by atoms with van der Waals surface area (Å²) in [4.78, 5) is 25.0. The van der Waals surface area contributed by atoms with Crippen LogP contribution in [0.5, 0.6) is 0 Å². The van der Waals surface area contributed by atoms with Crippen molar-refractivity contribution in [2.45, 2.75) is 58.2 Å². The van der Waals surface area contributed by atoms with E-state index in [0.29, 0.717) is 19.6 Å². The van der Waals surface area contributed by atoms with Crippen molar-refractivity contribution in [1.29, 1.82) is 0 Å². The van der Waals surface area contributed by atoms with Gasteiger partial charge in [-0.1, -0.05) is 25.5 Å². The molecule has 0 N–H and O–H groups in total. The molecular weight excluding hydrogens is 292 g/mol. The number of carbonyl (C=O) groups excluding carboxylic acids is 2. The Hall–Kier alpha value is -1.00. The van der Waals surface area contributed by atoms with Gasteiger partial charge < -0.3 is 14.3 Å². The molecule has 1 spiro atoms. The van der Waals surface area contributed by atoms with Gasteiger partial charge in [-0.3, -0.25) is 4.79 Å². The van der Waals surface area contributed by atoms with Crippen LogP contribution in [-0.2, 0) is 19.1 Å². The van der Waals surface area contributed by atoms with Gasteiger partial charge in [0.25, 0.3) is 0 Å². The van der Waals surface area contributed by atoms with E-state index in [4.69, 9.17) is 9.47 Å². The number of aldehydes is 1. The molecule has 2 saturated carbocycles. The summed E-state index contributed by atoms with van der Waals surface area (Å²) in [5.41, 5.74) is 0.120. The average Bonchev–Trinajstić information content (AvgIpc) is 3.01. The SMILES string of the molecule is CC1(C)C2=CC[C@@H]3CCCC(=O)[C@]3(C=O)[C@H]2CCC12OCCO2. The third-order valence-electron chi connectivity index (χ3n) is 7.07. The van der Waals surface area contributed by atoms with Crippen molar-refractivity contribution < 1.29 is 19.1 Å². The molecular formula is C19H26O4. The maximum absolute atomic E-state index is 12.8. The highest BCUT2D eigenvalue weighted by Gasteiger charge is 2.64. The Kier molecular flexibility index (Phi) is 3.37. The van der Waals surface area contributed by atoms with Crippen LogP contribution in [0.2, 0.25) is 0 Å². The molecule has 4 nitrogen and oxygen atoms in total. The highest BCUT2D eigenvalue weighted by Crippen LogP contribution is 2.62. The van der Waals surface area contributed by atoms with Crippen molar-refractivity contribution >= 4 is 12.1 Å². The Morgan fingerprint density at radius 2 is 1.96 bits per heavy atom. The van der Waals surface area contributed by atoms with Gasteiger partial charge in [-0.2, -0.15) is 0 Å². The first-order valence-corrected chi connectivity index (χ1v) is 8.96. The molecule has 4 aliphatic rings. The van der Waals surface area contributed by atoms with Gasteiger partial charge in [0.15, 0.2) is 5.79 Å². The number of ketones is 1. The van der Waals surface area contributed by atoms with Crippen LogP contribution in [0, 0.1) is 22.7 Å². The van der Waals surface area contributed by atoms with Crippen molar-refractivity contribution in [3.63, 3.8) is 0 Å². The molecule has 0 radical (unpaired) electrons. The van der Waals surface area contributed by atoms with Crippen LogP contribution in [0.4, 0.5) is 0 Å². The molecule has 23 heavy (non-hydrogen) atoms. The normalized spacial score (nSPS) is 41.1. The van der Waals surface area contributed by atoms with E-state index in [1.54, 1.807) is 0 Å². The Morgan fingerprint density at radius 3 is 2.65 bits per heavy atom. The van der Waals surface area contributed by atoms with Crippen LogP contribution in [-0.4, -0.2) is 31.1 Å². The molecule has 3 aliphatic carbocycles. The van der Waals surface area contributed by atoms with Crippen molar-refractivity contribution in [3.8, 4) is 0 Å². The molecule has 3 fully saturated rings. The number of ether oxygens (including phenoxy) is 2. The molecule has 4 rings (SSSR count). The summed E-state index contributed by atoms with van der Waals surface area (Å²) in [6.07, 6.45) is 8.15. The number of carbonyl (C=O) groups is 2. The molecule has 0 aromatic carbocycles. The molecule has 1 heterocycles.